The first-order valence-electron chi connectivity index (χ1n) is 10.1. The summed E-state index contributed by atoms with van der Waals surface area (Å²) in [5.41, 5.74) is -1.63. The molecule has 1 aromatic carbocycles. The second kappa shape index (κ2) is 7.94. The lowest BCUT2D eigenvalue weighted by Crippen LogP contribution is -2.70. The van der Waals surface area contributed by atoms with Crippen LogP contribution in [-0.4, -0.2) is 78.7 Å². The first-order valence-corrected chi connectivity index (χ1v) is 10.1. The first-order chi connectivity index (χ1) is 14.6. The van der Waals surface area contributed by atoms with Gasteiger partial charge in [-0.1, -0.05) is 0 Å². The zero-order valence-electron chi connectivity index (χ0n) is 17.0. The molecule has 3 aliphatic heterocycles. The molecule has 5 rings (SSSR count). The Morgan fingerprint density at radius 1 is 1.16 bits per heavy atom. The Labute approximate surface area is 176 Å². The number of hydrogen-bond acceptors (Lipinski definition) is 5. The van der Waals surface area contributed by atoms with E-state index >= 15 is 0 Å². The van der Waals surface area contributed by atoms with Crippen molar-refractivity contribution in [3.63, 3.8) is 0 Å². The molecule has 3 saturated heterocycles. The molecule has 1 saturated carbocycles. The molecule has 1 aromatic rings. The number of amides is 2. The average molecular weight is 444 g/mol. The lowest BCUT2D eigenvalue weighted by molar-refractivity contribution is -0.172. The van der Waals surface area contributed by atoms with Crippen molar-refractivity contribution in [2.75, 3.05) is 38.6 Å². The molecule has 170 valence electrons. The van der Waals surface area contributed by atoms with Gasteiger partial charge in [-0.15, -0.1) is 0 Å². The number of piperidine rings is 1. The largest absolute Gasteiger partial charge is 0.494 e. The molecule has 0 aromatic heterocycles. The number of alkyl halides is 3. The van der Waals surface area contributed by atoms with Gasteiger partial charge in [0.05, 0.1) is 20.2 Å². The monoisotopic (exact) mass is 444 g/mol. The minimum Gasteiger partial charge on any atom is -0.494 e. The lowest BCUT2D eigenvalue weighted by atomic mass is 9.87. The van der Waals surface area contributed by atoms with Gasteiger partial charge in [-0.05, 0) is 31.4 Å². The summed E-state index contributed by atoms with van der Waals surface area (Å²) in [4.78, 5) is 28.3. The number of anilines is 1. The fourth-order valence-corrected chi connectivity index (χ4v) is 4.38. The average Bonchev–Trinajstić information content (AvgIpc) is 3.48. The molecule has 0 radical (unpaired) electrons. The summed E-state index contributed by atoms with van der Waals surface area (Å²) < 4.78 is 57.4. The molecular formula is C20H24F4N4O3. The Bertz CT molecular complexity index is 862. The molecule has 0 spiro atoms. The number of halogens is 4. The van der Waals surface area contributed by atoms with Crippen molar-refractivity contribution >= 4 is 17.5 Å². The normalized spacial score (nSPS) is 24.8. The van der Waals surface area contributed by atoms with E-state index in [-0.39, 0.29) is 49.7 Å². The van der Waals surface area contributed by atoms with Crippen LogP contribution in [0.1, 0.15) is 19.3 Å². The van der Waals surface area contributed by atoms with Crippen LogP contribution in [-0.2, 0) is 9.59 Å². The van der Waals surface area contributed by atoms with Crippen LogP contribution in [0.4, 0.5) is 23.2 Å². The smallest absolute Gasteiger partial charge is 0.411 e. The Morgan fingerprint density at radius 3 is 2.42 bits per heavy atom. The number of nitrogens with one attached hydrogen (secondary N) is 2. The number of carbonyl (C=O) groups is 2. The molecule has 4 aliphatic rings. The highest BCUT2D eigenvalue weighted by atomic mass is 19.4. The number of piperazine rings is 1. The van der Waals surface area contributed by atoms with Crippen LogP contribution in [0.25, 0.3) is 0 Å². The van der Waals surface area contributed by atoms with Crippen LogP contribution in [0.3, 0.4) is 0 Å². The minimum atomic E-state index is -4.42. The highest BCUT2D eigenvalue weighted by Crippen LogP contribution is 2.49. The molecule has 11 heteroatoms. The van der Waals surface area contributed by atoms with Crippen LogP contribution in [0.15, 0.2) is 18.2 Å². The molecular weight excluding hydrogens is 420 g/mol. The van der Waals surface area contributed by atoms with Gasteiger partial charge in [-0.25, -0.2) is 4.39 Å². The molecule has 2 atom stereocenters. The van der Waals surface area contributed by atoms with Gasteiger partial charge in [-0.2, -0.15) is 13.2 Å². The van der Waals surface area contributed by atoms with Gasteiger partial charge in [0.25, 0.3) is 0 Å². The van der Waals surface area contributed by atoms with Crippen molar-refractivity contribution in [3.8, 4) is 5.75 Å². The number of methoxy groups -OCH3 is 1. The van der Waals surface area contributed by atoms with Crippen molar-refractivity contribution in [1.29, 1.82) is 0 Å². The standard InChI is InChI=1S/C20H24F4N4O3/c1-31-16-6-12(2-3-15(16)21)25-17(29)10-27-8-13-7-14(9-27)28(13)11-18(30)26-19(4-5-19)20(22,23)24/h2-3,6,13-14H,4-5,7-11H2,1H3,(H,25,29)(H,26,30). The van der Waals surface area contributed by atoms with E-state index in [2.05, 4.69) is 10.6 Å². The van der Waals surface area contributed by atoms with Gasteiger partial charge in [-0.3, -0.25) is 19.4 Å². The fraction of sp³-hybridized carbons (Fsp3) is 0.600. The molecule has 3 heterocycles. The summed E-state index contributed by atoms with van der Waals surface area (Å²) in [6.07, 6.45) is -3.72. The van der Waals surface area contributed by atoms with E-state index in [4.69, 9.17) is 4.74 Å². The molecule has 2 amide bonds. The maximum Gasteiger partial charge on any atom is 0.411 e. The topological polar surface area (TPSA) is 73.9 Å². The number of carbonyl (C=O) groups excluding carboxylic acids is 2. The maximum atomic E-state index is 13.5. The van der Waals surface area contributed by atoms with Crippen molar-refractivity contribution in [2.45, 2.75) is 43.1 Å². The van der Waals surface area contributed by atoms with Crippen molar-refractivity contribution < 1.29 is 31.9 Å². The summed E-state index contributed by atoms with van der Waals surface area (Å²) in [6.45, 7) is 1.16. The van der Waals surface area contributed by atoms with E-state index in [1.807, 2.05) is 9.80 Å². The molecule has 1 aliphatic carbocycles. The molecule has 2 bridgehead atoms. The summed E-state index contributed by atoms with van der Waals surface area (Å²) in [5.74, 6) is -1.37. The third-order valence-electron chi connectivity index (χ3n) is 6.22. The number of benzene rings is 1. The Morgan fingerprint density at radius 2 is 1.84 bits per heavy atom. The highest BCUT2D eigenvalue weighted by Gasteiger charge is 2.64. The Balaban J connectivity index is 1.24. The van der Waals surface area contributed by atoms with Gasteiger partial charge in [0.15, 0.2) is 11.6 Å². The summed E-state index contributed by atoms with van der Waals surface area (Å²) in [7, 11) is 1.34. The van der Waals surface area contributed by atoms with Crippen LogP contribution < -0.4 is 15.4 Å². The van der Waals surface area contributed by atoms with Gasteiger partial charge >= 0.3 is 6.18 Å². The van der Waals surface area contributed by atoms with Gasteiger partial charge in [0.1, 0.15) is 5.54 Å². The quantitative estimate of drug-likeness (QED) is 0.627. The van der Waals surface area contributed by atoms with E-state index in [1.165, 1.54) is 25.3 Å². The van der Waals surface area contributed by atoms with Crippen molar-refractivity contribution in [2.24, 2.45) is 0 Å². The van der Waals surface area contributed by atoms with Gasteiger partial charge in [0.2, 0.25) is 11.8 Å². The summed E-state index contributed by atoms with van der Waals surface area (Å²) in [6, 6.07) is 4.11. The fourth-order valence-electron chi connectivity index (χ4n) is 4.38. The first kappa shape index (κ1) is 21.8. The van der Waals surface area contributed by atoms with E-state index < -0.39 is 23.4 Å². The second-order valence-corrected chi connectivity index (χ2v) is 8.44. The van der Waals surface area contributed by atoms with Crippen LogP contribution in [0, 0.1) is 5.82 Å². The van der Waals surface area contributed by atoms with E-state index in [1.54, 1.807) is 0 Å². The number of fused-ring (bicyclic) bond motifs is 2. The Kier molecular flexibility index (Phi) is 5.59. The summed E-state index contributed by atoms with van der Waals surface area (Å²) >= 11 is 0. The molecule has 7 nitrogen and oxygen atoms in total. The van der Waals surface area contributed by atoms with Crippen LogP contribution >= 0.6 is 0 Å². The second-order valence-electron chi connectivity index (χ2n) is 8.44. The third-order valence-corrected chi connectivity index (χ3v) is 6.22. The van der Waals surface area contributed by atoms with Crippen LogP contribution in [0.2, 0.25) is 0 Å². The predicted octanol–water partition coefficient (Wildman–Crippen LogP) is 1.74. The zero-order valence-corrected chi connectivity index (χ0v) is 17.0. The number of nitrogens with zero attached hydrogens (tertiary/aromatic N) is 2. The molecule has 2 unspecified atom stereocenters. The molecule has 4 fully saturated rings. The summed E-state index contributed by atoms with van der Waals surface area (Å²) in [5, 5.41) is 4.86. The highest BCUT2D eigenvalue weighted by molar-refractivity contribution is 5.92. The number of rotatable bonds is 7. The number of hydrogen-bond donors (Lipinski definition) is 2. The van der Waals surface area contributed by atoms with Gasteiger partial charge in [0, 0.05) is 36.9 Å². The minimum absolute atomic E-state index is 0.0317. The predicted molar refractivity (Wildman–Crippen MR) is 103 cm³/mol. The van der Waals surface area contributed by atoms with Gasteiger partial charge < -0.3 is 15.4 Å². The number of ether oxygens (including phenoxy) is 1. The lowest BCUT2D eigenvalue weighted by Gasteiger charge is -2.56. The van der Waals surface area contributed by atoms with Crippen molar-refractivity contribution in [1.82, 2.24) is 15.1 Å². The molecule has 2 N–H and O–H groups in total. The van der Waals surface area contributed by atoms with Crippen molar-refractivity contribution in [3.05, 3.63) is 24.0 Å². The SMILES string of the molecule is COc1cc(NC(=O)CN2CC3CC(C2)N3CC(=O)NC2(C(F)(F)F)CC2)ccc1F. The van der Waals surface area contributed by atoms with E-state index in [9.17, 15) is 27.2 Å². The zero-order chi connectivity index (χ0) is 22.4. The molecule has 31 heavy (non-hydrogen) atoms. The van der Waals surface area contributed by atoms with Crippen LogP contribution in [0.5, 0.6) is 5.75 Å². The maximum absolute atomic E-state index is 13.5. The van der Waals surface area contributed by atoms with E-state index in [0.717, 1.165) is 6.42 Å². The van der Waals surface area contributed by atoms with E-state index in [0.29, 0.717) is 18.8 Å². The Hall–Kier alpha value is -2.40. The third kappa shape index (κ3) is 4.47.